The van der Waals surface area contributed by atoms with Crippen molar-refractivity contribution in [1.82, 2.24) is 4.90 Å². The average molecular weight is 573 g/mol. The van der Waals surface area contributed by atoms with Crippen molar-refractivity contribution in [2.75, 3.05) is 50.0 Å². The molecule has 1 unspecified atom stereocenters. The van der Waals surface area contributed by atoms with Gasteiger partial charge in [-0.1, -0.05) is 24.3 Å². The lowest BCUT2D eigenvalue weighted by Gasteiger charge is -2.37. The monoisotopic (exact) mass is 571 g/mol. The number of hydrogen-bond acceptors (Lipinski definition) is 5. The standard InChI is InChI=1S/C28H34FN3O2.3ClH/c1-20-16-28(21(2)15-27(20)30)34-19-26(33)18-31-11-13-32(14-12-31)25-9-5-23(6-10-25)17-22-3-7-24(29)8-4-22;;;/h3-10,15-16,26,33H,11-14,17-19,30H2,1-2H3;3*1H. The van der Waals surface area contributed by atoms with Gasteiger partial charge in [-0.25, -0.2) is 4.39 Å². The van der Waals surface area contributed by atoms with Crippen LogP contribution in [0.3, 0.4) is 0 Å². The quantitative estimate of drug-likeness (QED) is 0.352. The number of aliphatic hydroxyl groups excluding tert-OH is 1. The van der Waals surface area contributed by atoms with E-state index >= 15 is 0 Å². The number of hydrogen-bond donors (Lipinski definition) is 2. The summed E-state index contributed by atoms with van der Waals surface area (Å²) in [5.74, 6) is 0.573. The van der Waals surface area contributed by atoms with E-state index in [0.717, 1.165) is 60.7 Å². The van der Waals surface area contributed by atoms with Crippen LogP contribution in [0.15, 0.2) is 60.7 Å². The first-order valence-electron chi connectivity index (χ1n) is 11.9. The Morgan fingerprint density at radius 1 is 0.865 bits per heavy atom. The summed E-state index contributed by atoms with van der Waals surface area (Å²) >= 11 is 0. The molecule has 3 aromatic carbocycles. The molecule has 0 saturated carbocycles. The Kier molecular flexibility index (Phi) is 13.5. The highest BCUT2D eigenvalue weighted by Crippen LogP contribution is 2.24. The van der Waals surface area contributed by atoms with Gasteiger partial charge >= 0.3 is 0 Å². The van der Waals surface area contributed by atoms with Gasteiger partial charge in [0, 0.05) is 44.1 Å². The SMILES string of the molecule is Cc1cc(OCC(O)CN2CCN(c3ccc(Cc4ccc(F)cc4)cc3)CC2)c(C)cc1N.Cl.Cl.Cl. The lowest BCUT2D eigenvalue weighted by Crippen LogP contribution is -2.49. The van der Waals surface area contributed by atoms with E-state index in [4.69, 9.17) is 10.5 Å². The number of aliphatic hydroxyl groups is 1. The van der Waals surface area contributed by atoms with Gasteiger partial charge in [-0.3, -0.25) is 4.90 Å². The van der Waals surface area contributed by atoms with E-state index in [2.05, 4.69) is 34.1 Å². The molecular weight excluding hydrogens is 536 g/mol. The predicted octanol–water partition coefficient (Wildman–Crippen LogP) is 5.44. The molecule has 3 aromatic rings. The number of nitrogens with two attached hydrogens (primary N) is 1. The first kappa shape index (κ1) is 32.8. The molecule has 1 heterocycles. The summed E-state index contributed by atoms with van der Waals surface area (Å²) < 4.78 is 19.0. The number of nitrogens with zero attached hydrogens (tertiary/aromatic N) is 2. The summed E-state index contributed by atoms with van der Waals surface area (Å²) in [5.41, 5.74) is 12.2. The van der Waals surface area contributed by atoms with E-state index in [0.29, 0.717) is 6.54 Å². The van der Waals surface area contributed by atoms with Crippen molar-refractivity contribution in [2.45, 2.75) is 26.4 Å². The van der Waals surface area contributed by atoms with Gasteiger partial charge in [0.1, 0.15) is 24.3 Å². The Morgan fingerprint density at radius 2 is 1.43 bits per heavy atom. The molecular formula is C28H37Cl3FN3O2. The Hall–Kier alpha value is -2.22. The molecule has 204 valence electrons. The maximum atomic E-state index is 13.1. The minimum absolute atomic E-state index is 0. The van der Waals surface area contributed by atoms with E-state index < -0.39 is 6.10 Å². The fourth-order valence-corrected chi connectivity index (χ4v) is 4.36. The number of aryl methyl sites for hydroxylation is 2. The highest BCUT2D eigenvalue weighted by atomic mass is 35.5. The fraction of sp³-hybridized carbons (Fsp3) is 0.357. The van der Waals surface area contributed by atoms with E-state index in [1.165, 1.54) is 23.4 Å². The molecule has 4 rings (SSSR count). The van der Waals surface area contributed by atoms with Crippen LogP contribution in [0.5, 0.6) is 5.75 Å². The van der Waals surface area contributed by atoms with E-state index in [1.54, 1.807) is 0 Å². The summed E-state index contributed by atoms with van der Waals surface area (Å²) in [5, 5.41) is 10.5. The van der Waals surface area contributed by atoms with Crippen LogP contribution in [0.25, 0.3) is 0 Å². The fourth-order valence-electron chi connectivity index (χ4n) is 4.36. The van der Waals surface area contributed by atoms with Crippen molar-refractivity contribution in [3.05, 3.63) is 88.7 Å². The molecule has 1 saturated heterocycles. The van der Waals surface area contributed by atoms with Gasteiger partial charge in [-0.15, -0.1) is 37.2 Å². The van der Waals surface area contributed by atoms with Crippen molar-refractivity contribution in [2.24, 2.45) is 0 Å². The third-order valence-electron chi connectivity index (χ3n) is 6.46. The Labute approximate surface area is 238 Å². The molecule has 9 heteroatoms. The van der Waals surface area contributed by atoms with Gasteiger partial charge in [0.05, 0.1) is 0 Å². The first-order chi connectivity index (χ1) is 16.4. The third-order valence-corrected chi connectivity index (χ3v) is 6.46. The summed E-state index contributed by atoms with van der Waals surface area (Å²) in [6.45, 7) is 8.41. The number of anilines is 2. The number of halogens is 4. The van der Waals surface area contributed by atoms with Gasteiger partial charge in [0.25, 0.3) is 0 Å². The number of nitrogen functional groups attached to an aromatic ring is 1. The van der Waals surface area contributed by atoms with E-state index in [-0.39, 0.29) is 49.6 Å². The van der Waals surface area contributed by atoms with Crippen molar-refractivity contribution >= 4 is 48.6 Å². The molecule has 0 bridgehead atoms. The van der Waals surface area contributed by atoms with Crippen molar-refractivity contribution in [3.63, 3.8) is 0 Å². The lowest BCUT2D eigenvalue weighted by molar-refractivity contribution is 0.0661. The maximum absolute atomic E-state index is 13.1. The van der Waals surface area contributed by atoms with Crippen LogP contribution < -0.4 is 15.4 Å². The largest absolute Gasteiger partial charge is 0.491 e. The van der Waals surface area contributed by atoms with Gasteiger partial charge in [0.15, 0.2) is 0 Å². The molecule has 37 heavy (non-hydrogen) atoms. The van der Waals surface area contributed by atoms with Gasteiger partial charge in [-0.05, 0) is 78.9 Å². The van der Waals surface area contributed by atoms with Gasteiger partial charge < -0.3 is 20.5 Å². The molecule has 1 fully saturated rings. The van der Waals surface area contributed by atoms with Crippen LogP contribution in [0.2, 0.25) is 0 Å². The van der Waals surface area contributed by atoms with Crippen LogP contribution in [0.4, 0.5) is 15.8 Å². The molecule has 0 radical (unpaired) electrons. The minimum atomic E-state index is -0.547. The summed E-state index contributed by atoms with van der Waals surface area (Å²) in [6.07, 6.45) is 0.249. The molecule has 0 spiro atoms. The van der Waals surface area contributed by atoms with Crippen LogP contribution in [0.1, 0.15) is 22.3 Å². The Bertz CT molecular complexity index is 1090. The van der Waals surface area contributed by atoms with Crippen molar-refractivity contribution in [1.29, 1.82) is 0 Å². The minimum Gasteiger partial charge on any atom is -0.491 e. The molecule has 0 aliphatic carbocycles. The predicted molar refractivity (Wildman–Crippen MR) is 158 cm³/mol. The molecule has 0 amide bonds. The van der Waals surface area contributed by atoms with Crippen LogP contribution in [-0.4, -0.2) is 55.4 Å². The molecule has 3 N–H and O–H groups in total. The van der Waals surface area contributed by atoms with E-state index in [9.17, 15) is 9.50 Å². The maximum Gasteiger partial charge on any atom is 0.123 e. The second-order valence-electron chi connectivity index (χ2n) is 9.20. The smallest absolute Gasteiger partial charge is 0.123 e. The third kappa shape index (κ3) is 9.24. The zero-order valence-corrected chi connectivity index (χ0v) is 23.7. The van der Waals surface area contributed by atoms with Gasteiger partial charge in [0.2, 0.25) is 0 Å². The second kappa shape index (κ2) is 15.3. The summed E-state index contributed by atoms with van der Waals surface area (Å²) in [6, 6.07) is 19.1. The molecule has 0 aromatic heterocycles. The molecule has 5 nitrogen and oxygen atoms in total. The summed E-state index contributed by atoms with van der Waals surface area (Å²) in [7, 11) is 0. The highest BCUT2D eigenvalue weighted by molar-refractivity contribution is 5.86. The van der Waals surface area contributed by atoms with Crippen molar-refractivity contribution in [3.8, 4) is 5.75 Å². The Morgan fingerprint density at radius 3 is 2.03 bits per heavy atom. The Balaban J connectivity index is 0.00000228. The number of piperazine rings is 1. The average Bonchev–Trinajstić information content (AvgIpc) is 2.83. The zero-order chi connectivity index (χ0) is 24.1. The zero-order valence-electron chi connectivity index (χ0n) is 21.2. The number of ether oxygens (including phenoxy) is 1. The first-order valence-corrected chi connectivity index (χ1v) is 11.9. The molecule has 1 aliphatic rings. The van der Waals surface area contributed by atoms with Crippen LogP contribution in [0, 0.1) is 19.7 Å². The highest BCUT2D eigenvalue weighted by Gasteiger charge is 2.20. The lowest BCUT2D eigenvalue weighted by atomic mass is 10.0. The number of benzene rings is 3. The van der Waals surface area contributed by atoms with Crippen molar-refractivity contribution < 1.29 is 14.2 Å². The molecule has 1 aliphatic heterocycles. The van der Waals surface area contributed by atoms with Gasteiger partial charge in [-0.2, -0.15) is 0 Å². The summed E-state index contributed by atoms with van der Waals surface area (Å²) in [4.78, 5) is 4.66. The topological polar surface area (TPSA) is 62.0 Å². The number of rotatable bonds is 8. The molecule has 1 atom stereocenters. The van der Waals surface area contributed by atoms with Crippen LogP contribution >= 0.6 is 37.2 Å². The number of β-amino-alcohol motifs (C(OH)–C–C–N with tert-alkyl or cyclic N) is 1. The normalized spacial score (nSPS) is 14.1. The van der Waals surface area contributed by atoms with E-state index in [1.807, 2.05) is 38.1 Å². The van der Waals surface area contributed by atoms with Crippen LogP contribution in [-0.2, 0) is 6.42 Å². The second-order valence-corrected chi connectivity index (χ2v) is 9.20.